The molecule has 0 spiro atoms. The highest BCUT2D eigenvalue weighted by atomic mass is 19.4. The minimum absolute atomic E-state index is 0.210. The Hall–Kier alpha value is -2.25. The van der Waals surface area contributed by atoms with Gasteiger partial charge in [-0.25, -0.2) is 0 Å². The van der Waals surface area contributed by atoms with Crippen molar-refractivity contribution in [3.63, 3.8) is 0 Å². The van der Waals surface area contributed by atoms with Crippen LogP contribution in [0.5, 0.6) is 0 Å². The smallest absolute Gasteiger partial charge is 0.194 e. The first kappa shape index (κ1) is 32.8. The molecule has 0 bridgehead atoms. The second kappa shape index (κ2) is 8.37. The topological polar surface area (TPSA) is 0 Å². The summed E-state index contributed by atoms with van der Waals surface area (Å²) in [4.78, 5) is 0. The standard InChI is InChI=1S/C16H4F21/c17-7(18,6-4-2-1-3-5-6)8(19,20)9(21,22)10(23,24)11(25,26)12(27,28)13(29,30)14(31,32)15(33,34)16(35,36)37/h1-4H. The van der Waals surface area contributed by atoms with Gasteiger partial charge >= 0.3 is 59.5 Å². The van der Waals surface area contributed by atoms with Crippen molar-refractivity contribution < 1.29 is 92.2 Å². The molecular formula is C16H4F21. The van der Waals surface area contributed by atoms with Crippen LogP contribution in [0.2, 0.25) is 0 Å². The van der Waals surface area contributed by atoms with Gasteiger partial charge in [-0.3, -0.25) is 0 Å². The summed E-state index contributed by atoms with van der Waals surface area (Å²) in [5, 5.41) is 0. The second-order valence-corrected chi connectivity index (χ2v) is 6.94. The molecule has 0 fully saturated rings. The zero-order valence-corrected chi connectivity index (χ0v) is 16.2. The summed E-state index contributed by atoms with van der Waals surface area (Å²) in [6, 6.07) is 1.91. The van der Waals surface area contributed by atoms with Crippen molar-refractivity contribution in [3.8, 4) is 0 Å². The van der Waals surface area contributed by atoms with Gasteiger partial charge in [-0.15, -0.1) is 0 Å². The van der Waals surface area contributed by atoms with E-state index in [-0.39, 0.29) is 12.1 Å². The van der Waals surface area contributed by atoms with E-state index in [9.17, 15) is 92.2 Å². The highest BCUT2D eigenvalue weighted by Crippen LogP contribution is 2.66. The molecule has 1 rings (SSSR count). The van der Waals surface area contributed by atoms with E-state index in [1.54, 1.807) is 0 Å². The van der Waals surface area contributed by atoms with Crippen molar-refractivity contribution in [2.24, 2.45) is 0 Å². The van der Waals surface area contributed by atoms with Crippen molar-refractivity contribution in [3.05, 3.63) is 35.9 Å². The van der Waals surface area contributed by atoms with Crippen molar-refractivity contribution in [2.75, 3.05) is 0 Å². The fraction of sp³-hybridized carbons (Fsp3) is 0.625. The van der Waals surface area contributed by atoms with Crippen LogP contribution in [0.4, 0.5) is 92.2 Å². The SMILES string of the molecule is FC(F)(F)C(F)(F)C(F)(F)C(F)(F)C(F)(F)C(F)(F)C(F)(F)C(F)(F)C(F)(F)C(F)(F)c1[c]cccc1. The van der Waals surface area contributed by atoms with Crippen molar-refractivity contribution in [1.82, 2.24) is 0 Å². The minimum Gasteiger partial charge on any atom is -0.194 e. The fourth-order valence-electron chi connectivity index (χ4n) is 2.32. The van der Waals surface area contributed by atoms with Gasteiger partial charge in [0.1, 0.15) is 0 Å². The average molecular weight is 595 g/mol. The number of hydrogen-bond acceptors (Lipinski definition) is 0. The zero-order chi connectivity index (χ0) is 30.1. The lowest BCUT2D eigenvalue weighted by molar-refractivity contribution is -0.474. The molecule has 0 atom stereocenters. The first-order valence-electron chi connectivity index (χ1n) is 8.30. The van der Waals surface area contributed by atoms with Gasteiger partial charge in [0.2, 0.25) is 0 Å². The molecule has 1 aromatic carbocycles. The molecule has 0 saturated carbocycles. The summed E-state index contributed by atoms with van der Waals surface area (Å²) >= 11 is 0. The van der Waals surface area contributed by atoms with Gasteiger partial charge in [-0.05, 0) is 6.07 Å². The molecule has 0 aromatic heterocycles. The van der Waals surface area contributed by atoms with Crippen molar-refractivity contribution in [1.29, 1.82) is 0 Å². The maximum absolute atomic E-state index is 13.8. The first-order valence-corrected chi connectivity index (χ1v) is 8.30. The molecule has 0 aliphatic heterocycles. The van der Waals surface area contributed by atoms with Gasteiger partial charge in [0.25, 0.3) is 0 Å². The number of hydrogen-bond donors (Lipinski definition) is 0. The molecule has 1 radical (unpaired) electrons. The Balaban J connectivity index is 3.81. The maximum Gasteiger partial charge on any atom is 0.460 e. The summed E-state index contributed by atoms with van der Waals surface area (Å²) in [5.74, 6) is -77.1. The largest absolute Gasteiger partial charge is 0.460 e. The van der Waals surface area contributed by atoms with Crippen LogP contribution in [0, 0.1) is 6.07 Å². The van der Waals surface area contributed by atoms with Crippen LogP contribution in [0.25, 0.3) is 0 Å². The Bertz CT molecular complexity index is 955. The van der Waals surface area contributed by atoms with E-state index >= 15 is 0 Å². The van der Waals surface area contributed by atoms with E-state index in [0.29, 0.717) is 12.1 Å². The Morgan fingerprint density at radius 1 is 0.378 bits per heavy atom. The minimum atomic E-state index is -9.17. The molecule has 0 N–H and O–H groups in total. The number of halogens is 21. The van der Waals surface area contributed by atoms with Crippen molar-refractivity contribution in [2.45, 2.75) is 59.5 Å². The molecule has 0 aliphatic rings. The van der Waals surface area contributed by atoms with Gasteiger partial charge in [-0.1, -0.05) is 24.3 Å². The van der Waals surface area contributed by atoms with Gasteiger partial charge in [0.15, 0.2) is 0 Å². The third kappa shape index (κ3) is 3.95. The Morgan fingerprint density at radius 2 is 0.676 bits per heavy atom. The molecule has 37 heavy (non-hydrogen) atoms. The van der Waals surface area contributed by atoms with E-state index in [1.165, 1.54) is 0 Å². The van der Waals surface area contributed by atoms with E-state index in [4.69, 9.17) is 0 Å². The summed E-state index contributed by atoms with van der Waals surface area (Å²) in [5.41, 5.74) is -2.52. The number of benzene rings is 1. The quantitative estimate of drug-likeness (QED) is 0.253. The molecule has 0 amide bonds. The summed E-state index contributed by atoms with van der Waals surface area (Å²) < 4.78 is 278. The summed E-state index contributed by atoms with van der Waals surface area (Å²) in [6.45, 7) is 0. The summed E-state index contributed by atoms with van der Waals surface area (Å²) in [6.07, 6.45) is -8.00. The van der Waals surface area contributed by atoms with E-state index in [0.717, 1.165) is 6.07 Å². The highest BCUT2D eigenvalue weighted by molar-refractivity contribution is 5.25. The van der Waals surface area contributed by atoms with Crippen LogP contribution in [-0.4, -0.2) is 53.6 Å². The fourth-order valence-corrected chi connectivity index (χ4v) is 2.32. The molecular weight excluding hydrogens is 591 g/mol. The Morgan fingerprint density at radius 3 is 0.946 bits per heavy atom. The molecule has 0 unspecified atom stereocenters. The van der Waals surface area contributed by atoms with E-state index < -0.39 is 65.0 Å². The first-order chi connectivity index (χ1) is 15.9. The van der Waals surface area contributed by atoms with Crippen LogP contribution in [0.3, 0.4) is 0 Å². The second-order valence-electron chi connectivity index (χ2n) is 6.94. The molecule has 21 heteroatoms. The molecule has 0 nitrogen and oxygen atoms in total. The van der Waals surface area contributed by atoms with E-state index in [1.807, 2.05) is 0 Å². The molecule has 1 aromatic rings. The Kier molecular flexibility index (Phi) is 7.42. The molecule has 0 saturated heterocycles. The third-order valence-electron chi connectivity index (χ3n) is 4.56. The summed E-state index contributed by atoms with van der Waals surface area (Å²) in [7, 11) is 0. The molecule has 0 heterocycles. The third-order valence-corrected chi connectivity index (χ3v) is 4.56. The predicted molar refractivity (Wildman–Crippen MR) is 74.8 cm³/mol. The van der Waals surface area contributed by atoms with E-state index in [2.05, 4.69) is 0 Å². The van der Waals surface area contributed by atoms with Gasteiger partial charge in [-0.2, -0.15) is 92.2 Å². The van der Waals surface area contributed by atoms with Crippen LogP contribution in [0.15, 0.2) is 24.3 Å². The normalized spacial score (nSPS) is 16.2. The lowest BCUT2D eigenvalue weighted by atomic mass is 9.85. The van der Waals surface area contributed by atoms with Crippen LogP contribution in [-0.2, 0) is 5.92 Å². The van der Waals surface area contributed by atoms with Gasteiger partial charge in [0.05, 0.1) is 0 Å². The maximum atomic E-state index is 13.8. The molecule has 0 aliphatic carbocycles. The predicted octanol–water partition coefficient (Wildman–Crippen LogP) is 8.22. The lowest BCUT2D eigenvalue weighted by Crippen LogP contribution is -2.76. The van der Waals surface area contributed by atoms with Crippen LogP contribution < -0.4 is 0 Å². The molecule has 215 valence electrons. The van der Waals surface area contributed by atoms with Gasteiger partial charge in [0, 0.05) is 5.56 Å². The Labute approximate surface area is 189 Å². The van der Waals surface area contributed by atoms with Crippen LogP contribution >= 0.6 is 0 Å². The zero-order valence-electron chi connectivity index (χ0n) is 16.2. The average Bonchev–Trinajstić information content (AvgIpc) is 2.72. The monoisotopic (exact) mass is 595 g/mol. The highest BCUT2D eigenvalue weighted by Gasteiger charge is 2.97. The number of rotatable bonds is 9. The lowest BCUT2D eigenvalue weighted by Gasteiger charge is -2.44. The van der Waals surface area contributed by atoms with Crippen LogP contribution in [0.1, 0.15) is 5.56 Å². The number of alkyl halides is 21. The van der Waals surface area contributed by atoms with Gasteiger partial charge < -0.3 is 0 Å². The van der Waals surface area contributed by atoms with Crippen molar-refractivity contribution >= 4 is 0 Å².